The third-order valence-electron chi connectivity index (χ3n) is 4.87. The van der Waals surface area contributed by atoms with E-state index in [1.165, 1.54) is 10.7 Å². The van der Waals surface area contributed by atoms with Crippen LogP contribution in [0.15, 0.2) is 16.9 Å². The van der Waals surface area contributed by atoms with Crippen molar-refractivity contribution in [2.24, 2.45) is 5.92 Å². The number of carbonyl (C=O) groups is 1. The third-order valence-corrected chi connectivity index (χ3v) is 6.64. The molecule has 8 nitrogen and oxygen atoms in total. The minimum Gasteiger partial charge on any atom is -0.334 e. The van der Waals surface area contributed by atoms with Crippen LogP contribution in [-0.4, -0.2) is 59.8 Å². The standard InChI is InChI=1S/C17H26N4O4S/c1-17(2,3)14-4-5-15(22)21(19-14)10-12-8-20(9-12)16(23)18-13-6-7-26(24,25)11-13/h4-5,12-13H,6-11H2,1-3H3,(H,18,23). The van der Waals surface area contributed by atoms with Crippen molar-refractivity contribution in [2.75, 3.05) is 24.6 Å². The first kappa shape index (κ1) is 18.9. The highest BCUT2D eigenvalue weighted by Crippen LogP contribution is 2.20. The molecule has 2 aliphatic heterocycles. The highest BCUT2D eigenvalue weighted by atomic mass is 32.2. The Morgan fingerprint density at radius 1 is 1.31 bits per heavy atom. The molecule has 0 spiro atoms. The lowest BCUT2D eigenvalue weighted by Crippen LogP contribution is -2.57. The van der Waals surface area contributed by atoms with Crippen LogP contribution in [-0.2, 0) is 21.8 Å². The molecule has 0 aliphatic carbocycles. The van der Waals surface area contributed by atoms with E-state index in [2.05, 4.69) is 10.4 Å². The molecule has 1 unspecified atom stereocenters. The molecular weight excluding hydrogens is 356 g/mol. The van der Waals surface area contributed by atoms with Crippen LogP contribution in [0.2, 0.25) is 0 Å². The van der Waals surface area contributed by atoms with Gasteiger partial charge in [-0.3, -0.25) is 4.79 Å². The quantitative estimate of drug-likeness (QED) is 0.814. The third kappa shape index (κ3) is 4.25. The molecule has 0 radical (unpaired) electrons. The van der Waals surface area contributed by atoms with E-state index in [1.807, 2.05) is 20.8 Å². The molecule has 1 atom stereocenters. The van der Waals surface area contributed by atoms with Crippen molar-refractivity contribution in [3.8, 4) is 0 Å². The minimum atomic E-state index is -3.01. The highest BCUT2D eigenvalue weighted by molar-refractivity contribution is 7.91. The van der Waals surface area contributed by atoms with Gasteiger partial charge in [-0.2, -0.15) is 5.10 Å². The van der Waals surface area contributed by atoms with Gasteiger partial charge in [0, 0.05) is 36.5 Å². The Kier molecular flexibility index (Phi) is 4.85. The summed E-state index contributed by atoms with van der Waals surface area (Å²) in [7, 11) is -3.01. The summed E-state index contributed by atoms with van der Waals surface area (Å²) in [6, 6.07) is 2.78. The summed E-state index contributed by atoms with van der Waals surface area (Å²) in [6.07, 6.45) is 0.476. The molecule has 3 rings (SSSR count). The van der Waals surface area contributed by atoms with Gasteiger partial charge in [-0.25, -0.2) is 17.9 Å². The van der Waals surface area contributed by atoms with Gasteiger partial charge in [0.2, 0.25) is 0 Å². The number of nitrogens with zero attached hydrogens (tertiary/aromatic N) is 3. The van der Waals surface area contributed by atoms with Crippen molar-refractivity contribution in [1.29, 1.82) is 0 Å². The Morgan fingerprint density at radius 2 is 2.00 bits per heavy atom. The van der Waals surface area contributed by atoms with E-state index in [-0.39, 0.29) is 40.5 Å². The second-order valence-electron chi connectivity index (χ2n) is 8.31. The summed E-state index contributed by atoms with van der Waals surface area (Å²) in [5, 5.41) is 7.24. The molecule has 0 saturated carbocycles. The molecule has 1 aromatic rings. The van der Waals surface area contributed by atoms with Gasteiger partial charge in [0.1, 0.15) is 0 Å². The van der Waals surface area contributed by atoms with Gasteiger partial charge in [-0.15, -0.1) is 0 Å². The van der Waals surface area contributed by atoms with Crippen LogP contribution in [0.5, 0.6) is 0 Å². The maximum absolute atomic E-state index is 12.2. The molecule has 9 heteroatoms. The van der Waals surface area contributed by atoms with E-state index >= 15 is 0 Å². The second-order valence-corrected chi connectivity index (χ2v) is 10.5. The highest BCUT2D eigenvalue weighted by Gasteiger charge is 2.35. The molecule has 0 bridgehead atoms. The van der Waals surface area contributed by atoms with E-state index in [9.17, 15) is 18.0 Å². The SMILES string of the molecule is CC(C)(C)c1ccc(=O)n(CC2CN(C(=O)NC3CCS(=O)(=O)C3)C2)n1. The number of rotatable bonds is 3. The van der Waals surface area contributed by atoms with E-state index in [0.717, 1.165) is 5.69 Å². The molecule has 1 N–H and O–H groups in total. The summed E-state index contributed by atoms with van der Waals surface area (Å²) in [5.74, 6) is 0.335. The van der Waals surface area contributed by atoms with Crippen LogP contribution in [0.3, 0.4) is 0 Å². The number of hydrogen-bond acceptors (Lipinski definition) is 5. The lowest BCUT2D eigenvalue weighted by molar-refractivity contribution is 0.105. The van der Waals surface area contributed by atoms with Gasteiger partial charge in [-0.1, -0.05) is 20.8 Å². The zero-order valence-corrected chi connectivity index (χ0v) is 16.3. The number of carbonyl (C=O) groups excluding carboxylic acids is 1. The fraction of sp³-hybridized carbons (Fsp3) is 0.706. The Hall–Kier alpha value is -1.90. The number of urea groups is 1. The van der Waals surface area contributed by atoms with Crippen LogP contribution >= 0.6 is 0 Å². The lowest BCUT2D eigenvalue weighted by atomic mass is 9.92. The molecule has 2 saturated heterocycles. The zero-order chi connectivity index (χ0) is 19.1. The second kappa shape index (κ2) is 6.68. The number of nitrogens with one attached hydrogen (secondary N) is 1. The van der Waals surface area contributed by atoms with Crippen molar-refractivity contribution in [3.63, 3.8) is 0 Å². The average Bonchev–Trinajstić information content (AvgIpc) is 2.81. The summed E-state index contributed by atoms with van der Waals surface area (Å²) in [6.45, 7) is 7.69. The normalized spacial score (nSPS) is 22.9. The van der Waals surface area contributed by atoms with Crippen molar-refractivity contribution in [3.05, 3.63) is 28.2 Å². The van der Waals surface area contributed by atoms with E-state index in [1.54, 1.807) is 11.0 Å². The van der Waals surface area contributed by atoms with Crippen LogP contribution in [0.4, 0.5) is 4.79 Å². The van der Waals surface area contributed by atoms with Crippen molar-refractivity contribution in [2.45, 2.75) is 45.2 Å². The topological polar surface area (TPSA) is 101 Å². The van der Waals surface area contributed by atoms with Gasteiger partial charge in [0.05, 0.1) is 23.7 Å². The van der Waals surface area contributed by atoms with Crippen molar-refractivity contribution in [1.82, 2.24) is 20.0 Å². The van der Waals surface area contributed by atoms with Gasteiger partial charge in [0.25, 0.3) is 5.56 Å². The van der Waals surface area contributed by atoms with Crippen molar-refractivity contribution >= 4 is 15.9 Å². The Morgan fingerprint density at radius 3 is 2.58 bits per heavy atom. The molecule has 0 aromatic carbocycles. The fourth-order valence-electron chi connectivity index (χ4n) is 3.25. The summed E-state index contributed by atoms with van der Waals surface area (Å²) in [5.41, 5.74) is 0.577. The molecule has 2 amide bonds. The predicted octanol–water partition coefficient (Wildman–Crippen LogP) is 0.369. The molecule has 1 aromatic heterocycles. The molecular formula is C17H26N4O4S. The van der Waals surface area contributed by atoms with E-state index in [0.29, 0.717) is 26.1 Å². The monoisotopic (exact) mass is 382 g/mol. The molecule has 3 heterocycles. The zero-order valence-electron chi connectivity index (χ0n) is 15.4. The van der Waals surface area contributed by atoms with Crippen LogP contribution in [0.1, 0.15) is 32.9 Å². The average molecular weight is 382 g/mol. The molecule has 144 valence electrons. The van der Waals surface area contributed by atoms with Crippen molar-refractivity contribution < 1.29 is 13.2 Å². The fourth-order valence-corrected chi connectivity index (χ4v) is 4.92. The lowest BCUT2D eigenvalue weighted by Gasteiger charge is -2.39. The number of likely N-dealkylation sites (tertiary alicyclic amines) is 1. The maximum atomic E-state index is 12.2. The summed E-state index contributed by atoms with van der Waals surface area (Å²) < 4.78 is 24.4. The van der Waals surface area contributed by atoms with Gasteiger partial charge < -0.3 is 10.2 Å². The first-order valence-electron chi connectivity index (χ1n) is 8.88. The molecule has 2 fully saturated rings. The van der Waals surface area contributed by atoms with Gasteiger partial charge >= 0.3 is 6.03 Å². The van der Waals surface area contributed by atoms with Gasteiger partial charge in [-0.05, 0) is 12.5 Å². The van der Waals surface area contributed by atoms with E-state index < -0.39 is 9.84 Å². The first-order valence-corrected chi connectivity index (χ1v) is 10.7. The summed E-state index contributed by atoms with van der Waals surface area (Å²) >= 11 is 0. The van der Waals surface area contributed by atoms with Crippen LogP contribution < -0.4 is 10.9 Å². The Bertz CT molecular complexity index is 850. The number of sulfone groups is 1. The Balaban J connectivity index is 1.53. The van der Waals surface area contributed by atoms with Gasteiger partial charge in [0.15, 0.2) is 9.84 Å². The first-order chi connectivity index (χ1) is 12.0. The van der Waals surface area contributed by atoms with E-state index in [4.69, 9.17) is 0 Å². The van der Waals surface area contributed by atoms with Crippen LogP contribution in [0.25, 0.3) is 0 Å². The maximum Gasteiger partial charge on any atom is 0.317 e. The largest absolute Gasteiger partial charge is 0.334 e. The Labute approximate surface area is 153 Å². The molecule has 2 aliphatic rings. The van der Waals surface area contributed by atoms with Crippen LogP contribution in [0, 0.1) is 5.92 Å². The summed E-state index contributed by atoms with van der Waals surface area (Å²) in [4.78, 5) is 25.9. The smallest absolute Gasteiger partial charge is 0.317 e. The number of amides is 2. The molecule has 26 heavy (non-hydrogen) atoms. The minimum absolute atomic E-state index is 0.0227. The number of aromatic nitrogens is 2. The predicted molar refractivity (Wildman–Crippen MR) is 97.9 cm³/mol. The number of hydrogen-bond donors (Lipinski definition) is 1.